The van der Waals surface area contributed by atoms with E-state index >= 15 is 0 Å². The predicted molar refractivity (Wildman–Crippen MR) is 81.9 cm³/mol. The van der Waals surface area contributed by atoms with Gasteiger partial charge in [0.25, 0.3) is 0 Å². The number of dihydropyridines is 1. The molecule has 1 heterocycles. The van der Waals surface area contributed by atoms with Gasteiger partial charge in [0.2, 0.25) is 0 Å². The van der Waals surface area contributed by atoms with Crippen LogP contribution in [0.2, 0.25) is 0 Å². The molecule has 0 aliphatic carbocycles. The molecule has 1 unspecified atom stereocenters. The van der Waals surface area contributed by atoms with Gasteiger partial charge in [0.05, 0.1) is 0 Å². The van der Waals surface area contributed by atoms with Crippen molar-refractivity contribution in [3.8, 4) is 5.75 Å². The molecule has 3 nitrogen and oxygen atoms in total. The second-order valence-corrected chi connectivity index (χ2v) is 5.31. The van der Waals surface area contributed by atoms with Crippen molar-refractivity contribution in [1.29, 1.82) is 0 Å². The standard InChI is InChI=1S/C15H20N2OS/c1-3-13-10-15(8-9-17-13)18-14-6-4-12(5-7-14)11-19-16-2/h4-10,13,16-17H,3,11H2,1-2H3. The Morgan fingerprint density at radius 3 is 2.79 bits per heavy atom. The highest BCUT2D eigenvalue weighted by atomic mass is 32.2. The first kappa shape index (κ1) is 14.0. The van der Waals surface area contributed by atoms with E-state index in [9.17, 15) is 0 Å². The van der Waals surface area contributed by atoms with Crippen LogP contribution < -0.4 is 14.8 Å². The van der Waals surface area contributed by atoms with Gasteiger partial charge in [-0.3, -0.25) is 4.72 Å². The maximum Gasteiger partial charge on any atom is 0.127 e. The summed E-state index contributed by atoms with van der Waals surface area (Å²) in [4.78, 5) is 0. The van der Waals surface area contributed by atoms with Gasteiger partial charge >= 0.3 is 0 Å². The monoisotopic (exact) mass is 276 g/mol. The van der Waals surface area contributed by atoms with Gasteiger partial charge in [0.1, 0.15) is 11.5 Å². The molecule has 0 bridgehead atoms. The van der Waals surface area contributed by atoms with Crippen molar-refractivity contribution < 1.29 is 4.74 Å². The van der Waals surface area contributed by atoms with E-state index in [2.05, 4.69) is 35.2 Å². The molecule has 2 rings (SSSR count). The number of ether oxygens (including phenoxy) is 1. The molecule has 0 aromatic heterocycles. The molecule has 1 aromatic rings. The van der Waals surface area contributed by atoms with Crippen molar-refractivity contribution in [2.75, 3.05) is 7.05 Å². The first-order chi connectivity index (χ1) is 9.31. The Balaban J connectivity index is 1.95. The maximum absolute atomic E-state index is 5.86. The third kappa shape index (κ3) is 4.33. The van der Waals surface area contributed by atoms with Crippen LogP contribution >= 0.6 is 11.9 Å². The molecule has 0 radical (unpaired) electrons. The smallest absolute Gasteiger partial charge is 0.127 e. The third-order valence-electron chi connectivity index (χ3n) is 2.91. The topological polar surface area (TPSA) is 33.3 Å². The lowest BCUT2D eigenvalue weighted by molar-refractivity contribution is 0.431. The molecule has 0 amide bonds. The second-order valence-electron chi connectivity index (χ2n) is 4.32. The van der Waals surface area contributed by atoms with Gasteiger partial charge in [-0.1, -0.05) is 31.0 Å². The summed E-state index contributed by atoms with van der Waals surface area (Å²) in [5.41, 5.74) is 1.29. The van der Waals surface area contributed by atoms with E-state index in [4.69, 9.17) is 4.74 Å². The highest BCUT2D eigenvalue weighted by Crippen LogP contribution is 2.19. The van der Waals surface area contributed by atoms with E-state index in [1.165, 1.54) is 5.56 Å². The average molecular weight is 276 g/mol. The van der Waals surface area contributed by atoms with Crippen LogP contribution in [-0.2, 0) is 5.75 Å². The van der Waals surface area contributed by atoms with Crippen molar-refractivity contribution in [1.82, 2.24) is 10.0 Å². The molecule has 0 fully saturated rings. The van der Waals surface area contributed by atoms with Gasteiger partial charge in [0.15, 0.2) is 0 Å². The summed E-state index contributed by atoms with van der Waals surface area (Å²) >= 11 is 1.68. The van der Waals surface area contributed by atoms with Crippen LogP contribution in [0.4, 0.5) is 0 Å². The molecule has 1 aliphatic rings. The van der Waals surface area contributed by atoms with Gasteiger partial charge < -0.3 is 10.1 Å². The van der Waals surface area contributed by atoms with Gasteiger partial charge in [-0.25, -0.2) is 0 Å². The summed E-state index contributed by atoms with van der Waals surface area (Å²) in [7, 11) is 1.93. The molecule has 0 saturated carbocycles. The number of benzene rings is 1. The lowest BCUT2D eigenvalue weighted by Gasteiger charge is -2.17. The fraction of sp³-hybridized carbons (Fsp3) is 0.333. The number of rotatable bonds is 6. The molecular weight excluding hydrogens is 256 g/mol. The molecule has 19 heavy (non-hydrogen) atoms. The van der Waals surface area contributed by atoms with Gasteiger partial charge in [0, 0.05) is 18.0 Å². The zero-order valence-electron chi connectivity index (χ0n) is 11.3. The number of nitrogens with one attached hydrogen (secondary N) is 2. The molecule has 1 atom stereocenters. The van der Waals surface area contributed by atoms with Crippen LogP contribution in [0.1, 0.15) is 18.9 Å². The highest BCUT2D eigenvalue weighted by molar-refractivity contribution is 7.96. The largest absolute Gasteiger partial charge is 0.458 e. The highest BCUT2D eigenvalue weighted by Gasteiger charge is 2.07. The second kappa shape index (κ2) is 7.26. The Morgan fingerprint density at radius 2 is 2.11 bits per heavy atom. The van der Waals surface area contributed by atoms with E-state index < -0.39 is 0 Å². The molecule has 102 valence electrons. The average Bonchev–Trinajstić information content (AvgIpc) is 2.47. The van der Waals surface area contributed by atoms with Gasteiger partial charge in [-0.05, 0) is 43.3 Å². The summed E-state index contributed by atoms with van der Waals surface area (Å²) in [6.07, 6.45) is 7.07. The summed E-state index contributed by atoms with van der Waals surface area (Å²) in [6, 6.07) is 8.60. The van der Waals surface area contributed by atoms with Crippen LogP contribution in [-0.4, -0.2) is 13.1 Å². The van der Waals surface area contributed by atoms with Crippen molar-refractivity contribution in [2.45, 2.75) is 25.1 Å². The Bertz CT molecular complexity index is 454. The van der Waals surface area contributed by atoms with Crippen LogP contribution in [0.25, 0.3) is 0 Å². The Labute approximate surface area is 119 Å². The zero-order valence-corrected chi connectivity index (χ0v) is 12.2. The van der Waals surface area contributed by atoms with Crippen LogP contribution in [0.5, 0.6) is 5.75 Å². The normalized spacial score (nSPS) is 17.8. The lowest BCUT2D eigenvalue weighted by Crippen LogP contribution is -2.24. The van der Waals surface area contributed by atoms with E-state index in [1.807, 2.05) is 31.5 Å². The molecule has 0 spiro atoms. The Kier molecular flexibility index (Phi) is 5.36. The van der Waals surface area contributed by atoms with E-state index in [0.29, 0.717) is 6.04 Å². The number of allylic oxidation sites excluding steroid dienone is 1. The molecule has 0 saturated heterocycles. The third-order valence-corrected chi connectivity index (χ3v) is 3.67. The summed E-state index contributed by atoms with van der Waals surface area (Å²) in [5.74, 6) is 2.75. The minimum absolute atomic E-state index is 0.367. The predicted octanol–water partition coefficient (Wildman–Crippen LogP) is 3.21. The van der Waals surface area contributed by atoms with E-state index in [-0.39, 0.29) is 0 Å². The first-order valence-electron chi connectivity index (χ1n) is 6.51. The molecule has 1 aliphatic heterocycles. The summed E-state index contributed by atoms with van der Waals surface area (Å²) in [5, 5.41) is 3.27. The maximum atomic E-state index is 5.86. The molecule has 4 heteroatoms. The minimum atomic E-state index is 0.367. The molecule has 1 aromatic carbocycles. The summed E-state index contributed by atoms with van der Waals surface area (Å²) < 4.78 is 8.93. The van der Waals surface area contributed by atoms with Crippen molar-refractivity contribution in [3.63, 3.8) is 0 Å². The fourth-order valence-electron chi connectivity index (χ4n) is 1.80. The Morgan fingerprint density at radius 1 is 1.32 bits per heavy atom. The van der Waals surface area contributed by atoms with Crippen molar-refractivity contribution in [2.24, 2.45) is 0 Å². The molecule has 2 N–H and O–H groups in total. The van der Waals surface area contributed by atoms with Crippen molar-refractivity contribution >= 4 is 11.9 Å². The minimum Gasteiger partial charge on any atom is -0.458 e. The van der Waals surface area contributed by atoms with Crippen LogP contribution in [0, 0.1) is 0 Å². The van der Waals surface area contributed by atoms with E-state index in [0.717, 1.165) is 23.7 Å². The summed E-state index contributed by atoms with van der Waals surface area (Å²) in [6.45, 7) is 2.15. The van der Waals surface area contributed by atoms with Crippen LogP contribution in [0.15, 0.2) is 48.4 Å². The van der Waals surface area contributed by atoms with Crippen LogP contribution in [0.3, 0.4) is 0 Å². The lowest BCUT2D eigenvalue weighted by atomic mass is 10.1. The molecular formula is C15H20N2OS. The fourth-order valence-corrected chi connectivity index (χ4v) is 2.31. The first-order valence-corrected chi connectivity index (χ1v) is 7.50. The van der Waals surface area contributed by atoms with Gasteiger partial charge in [-0.2, -0.15) is 0 Å². The zero-order chi connectivity index (χ0) is 13.5. The SMILES string of the molecule is CCC1C=C(Oc2ccc(CSNC)cc2)C=CN1. The van der Waals surface area contributed by atoms with E-state index in [1.54, 1.807) is 11.9 Å². The van der Waals surface area contributed by atoms with Crippen molar-refractivity contribution in [3.05, 3.63) is 53.9 Å². The quantitative estimate of drug-likeness (QED) is 0.782. The van der Waals surface area contributed by atoms with Gasteiger partial charge in [-0.15, -0.1) is 0 Å². The number of hydrogen-bond acceptors (Lipinski definition) is 4. The number of hydrogen-bond donors (Lipinski definition) is 2. The Hall–Kier alpha value is -1.39.